The molecule has 3 aliphatic heterocycles. The lowest BCUT2D eigenvalue weighted by molar-refractivity contribution is 0.00187. The maximum atomic E-state index is 12.5. The van der Waals surface area contributed by atoms with E-state index in [0.717, 1.165) is 58.0 Å². The van der Waals surface area contributed by atoms with Crippen LogP contribution in [0, 0.1) is 0 Å². The molecule has 11 heteroatoms. The van der Waals surface area contributed by atoms with Gasteiger partial charge >= 0.3 is 0 Å². The van der Waals surface area contributed by atoms with Crippen molar-refractivity contribution in [1.29, 1.82) is 0 Å². The van der Waals surface area contributed by atoms with E-state index in [9.17, 15) is 9.90 Å². The van der Waals surface area contributed by atoms with Crippen molar-refractivity contribution in [2.24, 2.45) is 0 Å². The average molecular weight is 488 g/mol. The van der Waals surface area contributed by atoms with Crippen LogP contribution in [0.2, 0.25) is 0 Å². The maximum Gasteiger partial charge on any atom is 0.273 e. The highest BCUT2D eigenvalue weighted by Gasteiger charge is 2.23. The Morgan fingerprint density at radius 2 is 1.71 bits per heavy atom. The van der Waals surface area contributed by atoms with Crippen LogP contribution < -0.4 is 14.8 Å². The number of carbonyl (C=O) groups excluding carboxylic acids is 1. The Morgan fingerprint density at radius 1 is 1.00 bits per heavy atom. The third-order valence-electron chi connectivity index (χ3n) is 6.54. The molecular formula is C24H33N5O6. The predicted octanol–water partition coefficient (Wildman–Crippen LogP) is 0.144. The van der Waals surface area contributed by atoms with E-state index >= 15 is 0 Å². The van der Waals surface area contributed by atoms with E-state index in [1.807, 2.05) is 18.2 Å². The van der Waals surface area contributed by atoms with E-state index in [1.165, 1.54) is 6.26 Å². The monoisotopic (exact) mass is 487 g/mol. The molecule has 190 valence electrons. The molecule has 4 heterocycles. The molecule has 0 radical (unpaired) electrons. The number of nitrogens with zero attached hydrogens (tertiary/aromatic N) is 4. The lowest BCUT2D eigenvalue weighted by Crippen LogP contribution is -2.50. The number of oxazole rings is 1. The standard InChI is InChI=1S/C24H33N5O6/c30-19(14-29-7-9-32-10-8-29)13-27-3-5-28(6-4-27)15-23-26-20(16-33-23)24(31)25-12-18-1-2-21-22(11-18)35-17-34-21/h1-2,11,16,19,30H,3-10,12-15,17H2,(H,25,31). The molecule has 2 aromatic rings. The number of amides is 1. The van der Waals surface area contributed by atoms with Crippen molar-refractivity contribution in [2.45, 2.75) is 19.2 Å². The van der Waals surface area contributed by atoms with E-state index in [0.29, 0.717) is 43.6 Å². The number of piperazine rings is 1. The van der Waals surface area contributed by atoms with E-state index < -0.39 is 0 Å². The van der Waals surface area contributed by atoms with Crippen molar-refractivity contribution >= 4 is 5.91 Å². The summed E-state index contributed by atoms with van der Waals surface area (Å²) in [4.78, 5) is 23.7. The molecule has 1 aromatic heterocycles. The van der Waals surface area contributed by atoms with Gasteiger partial charge in [-0.1, -0.05) is 6.07 Å². The minimum Gasteiger partial charge on any atom is -0.454 e. The minimum atomic E-state index is -0.356. The van der Waals surface area contributed by atoms with Gasteiger partial charge in [-0.15, -0.1) is 0 Å². The van der Waals surface area contributed by atoms with Crippen LogP contribution in [0.3, 0.4) is 0 Å². The Balaban J connectivity index is 1.02. The number of nitrogens with one attached hydrogen (secondary N) is 1. The summed E-state index contributed by atoms with van der Waals surface area (Å²) < 4.78 is 21.6. The van der Waals surface area contributed by atoms with Crippen LogP contribution in [0.15, 0.2) is 28.9 Å². The zero-order valence-corrected chi connectivity index (χ0v) is 19.9. The molecule has 0 spiro atoms. The summed E-state index contributed by atoms with van der Waals surface area (Å²) in [6.07, 6.45) is 1.05. The van der Waals surface area contributed by atoms with Crippen molar-refractivity contribution in [3.05, 3.63) is 41.6 Å². The van der Waals surface area contributed by atoms with Crippen molar-refractivity contribution in [3.63, 3.8) is 0 Å². The second-order valence-electron chi connectivity index (χ2n) is 9.14. The molecule has 35 heavy (non-hydrogen) atoms. The number of hydrogen-bond donors (Lipinski definition) is 2. The molecule has 2 fully saturated rings. The Morgan fingerprint density at radius 3 is 2.51 bits per heavy atom. The lowest BCUT2D eigenvalue weighted by atomic mass is 10.2. The molecular weight excluding hydrogens is 454 g/mol. The average Bonchev–Trinajstić information content (AvgIpc) is 3.54. The molecule has 2 saturated heterocycles. The van der Waals surface area contributed by atoms with E-state index in [2.05, 4.69) is 25.0 Å². The van der Waals surface area contributed by atoms with Gasteiger partial charge in [-0.05, 0) is 17.7 Å². The predicted molar refractivity (Wildman–Crippen MR) is 125 cm³/mol. The number of aliphatic hydroxyl groups is 1. The third kappa shape index (κ3) is 6.50. The number of ether oxygens (including phenoxy) is 3. The van der Waals surface area contributed by atoms with Crippen molar-refractivity contribution in [3.8, 4) is 11.5 Å². The Kier molecular flexibility index (Phi) is 7.79. The number of morpholine rings is 1. The van der Waals surface area contributed by atoms with Crippen LogP contribution in [-0.4, -0.2) is 109 Å². The second kappa shape index (κ2) is 11.4. The lowest BCUT2D eigenvalue weighted by Gasteiger charge is -2.36. The van der Waals surface area contributed by atoms with E-state index in [1.54, 1.807) is 0 Å². The van der Waals surface area contributed by atoms with Crippen molar-refractivity contribution in [1.82, 2.24) is 25.0 Å². The SMILES string of the molecule is O=C(NCc1ccc2c(c1)OCO2)c1coc(CN2CCN(CC(O)CN3CCOCC3)CC2)n1. The first-order chi connectivity index (χ1) is 17.1. The summed E-state index contributed by atoms with van der Waals surface area (Å²) in [6, 6.07) is 5.59. The van der Waals surface area contributed by atoms with E-state index in [-0.39, 0.29) is 24.5 Å². The van der Waals surface area contributed by atoms with Gasteiger partial charge in [0.15, 0.2) is 17.2 Å². The van der Waals surface area contributed by atoms with Gasteiger partial charge in [0.25, 0.3) is 5.91 Å². The van der Waals surface area contributed by atoms with Gasteiger partial charge in [0.05, 0.1) is 25.9 Å². The van der Waals surface area contributed by atoms with Crippen LogP contribution in [0.1, 0.15) is 21.9 Å². The Labute approximate surface area is 204 Å². The minimum absolute atomic E-state index is 0.221. The highest BCUT2D eigenvalue weighted by atomic mass is 16.7. The normalized spacial score (nSPS) is 20.1. The smallest absolute Gasteiger partial charge is 0.273 e. The fourth-order valence-electron chi connectivity index (χ4n) is 4.57. The second-order valence-corrected chi connectivity index (χ2v) is 9.14. The summed E-state index contributed by atoms with van der Waals surface area (Å²) in [7, 11) is 0. The highest BCUT2D eigenvalue weighted by molar-refractivity contribution is 5.91. The zero-order valence-electron chi connectivity index (χ0n) is 19.9. The summed E-state index contributed by atoms with van der Waals surface area (Å²) >= 11 is 0. The van der Waals surface area contributed by atoms with Gasteiger partial charge in [-0.25, -0.2) is 4.98 Å². The van der Waals surface area contributed by atoms with Crippen LogP contribution in [0.4, 0.5) is 0 Å². The highest BCUT2D eigenvalue weighted by Crippen LogP contribution is 2.32. The van der Waals surface area contributed by atoms with E-state index in [4.69, 9.17) is 18.6 Å². The van der Waals surface area contributed by atoms with Crippen LogP contribution in [0.25, 0.3) is 0 Å². The zero-order chi connectivity index (χ0) is 24.0. The van der Waals surface area contributed by atoms with Gasteiger partial charge in [-0.2, -0.15) is 0 Å². The largest absolute Gasteiger partial charge is 0.454 e. The molecule has 3 aliphatic rings. The first-order valence-electron chi connectivity index (χ1n) is 12.2. The number of fused-ring (bicyclic) bond motifs is 1. The number of β-amino-alcohol motifs (C(OH)–C–C–N with tert-alkyl or cyclic N) is 1. The maximum absolute atomic E-state index is 12.5. The first-order valence-corrected chi connectivity index (χ1v) is 12.2. The van der Waals surface area contributed by atoms with Crippen LogP contribution in [-0.2, 0) is 17.8 Å². The molecule has 11 nitrogen and oxygen atoms in total. The molecule has 0 saturated carbocycles. The summed E-state index contributed by atoms with van der Waals surface area (Å²) in [5.41, 5.74) is 1.19. The number of benzene rings is 1. The summed E-state index contributed by atoms with van der Waals surface area (Å²) in [5.74, 6) is 1.65. The number of aliphatic hydroxyl groups excluding tert-OH is 1. The molecule has 1 atom stereocenters. The van der Waals surface area contributed by atoms with Crippen LogP contribution >= 0.6 is 0 Å². The van der Waals surface area contributed by atoms with Gasteiger partial charge in [0.2, 0.25) is 12.7 Å². The molecule has 0 aliphatic carbocycles. The third-order valence-corrected chi connectivity index (χ3v) is 6.54. The summed E-state index contributed by atoms with van der Waals surface area (Å²) in [6.45, 7) is 9.25. The van der Waals surface area contributed by atoms with Gasteiger partial charge in [0.1, 0.15) is 6.26 Å². The number of carbonyl (C=O) groups is 1. The van der Waals surface area contributed by atoms with Crippen molar-refractivity contribution < 1.29 is 28.5 Å². The quantitative estimate of drug-likeness (QED) is 0.507. The van der Waals surface area contributed by atoms with Gasteiger partial charge < -0.3 is 29.1 Å². The summed E-state index contributed by atoms with van der Waals surface area (Å²) in [5, 5.41) is 13.3. The molecule has 1 unspecified atom stereocenters. The Bertz CT molecular complexity index is 987. The molecule has 2 N–H and O–H groups in total. The Hall–Kier alpha value is -2.70. The van der Waals surface area contributed by atoms with Gasteiger partial charge in [-0.3, -0.25) is 19.5 Å². The number of hydrogen-bond acceptors (Lipinski definition) is 10. The topological polar surface area (TPSA) is 113 Å². The fraction of sp³-hybridized carbons (Fsp3) is 0.583. The van der Waals surface area contributed by atoms with Gasteiger partial charge in [0, 0.05) is 58.9 Å². The van der Waals surface area contributed by atoms with Crippen molar-refractivity contribution in [2.75, 3.05) is 72.4 Å². The molecule has 5 rings (SSSR count). The fourth-order valence-corrected chi connectivity index (χ4v) is 4.57. The molecule has 1 aromatic carbocycles. The van der Waals surface area contributed by atoms with Crippen LogP contribution in [0.5, 0.6) is 11.5 Å². The molecule has 0 bridgehead atoms. The number of aromatic nitrogens is 1. The first kappa shape index (κ1) is 24.0. The number of rotatable bonds is 9. The molecule has 1 amide bonds.